The first-order valence-electron chi connectivity index (χ1n) is 8.15. The number of nitro benzene ring substituents is 1. The predicted octanol–water partition coefficient (Wildman–Crippen LogP) is 2.76. The monoisotopic (exact) mass is 369 g/mol. The van der Waals surface area contributed by atoms with Crippen LogP contribution < -0.4 is 15.4 Å². The highest BCUT2D eigenvalue weighted by Crippen LogP contribution is 2.17. The lowest BCUT2D eigenvalue weighted by Crippen LogP contribution is -2.26. The minimum Gasteiger partial charge on any atom is -0.492 e. The molecule has 2 N–H and O–H groups in total. The number of carbonyl (C=O) groups is 2. The highest BCUT2D eigenvalue weighted by molar-refractivity contribution is 5.91. The average Bonchev–Trinajstić information content (AvgIpc) is 2.63. The van der Waals surface area contributed by atoms with Gasteiger partial charge in [-0.2, -0.15) is 0 Å². The fourth-order valence-electron chi connectivity index (χ4n) is 2.15. The number of rotatable bonds is 8. The number of nitrogens with zero attached hydrogens (tertiary/aromatic N) is 1. The summed E-state index contributed by atoms with van der Waals surface area (Å²) < 4.78 is 5.52. The van der Waals surface area contributed by atoms with Crippen LogP contribution in [-0.2, 0) is 9.59 Å². The van der Waals surface area contributed by atoms with Gasteiger partial charge in [-0.15, -0.1) is 0 Å². The molecule has 0 bridgehead atoms. The van der Waals surface area contributed by atoms with Crippen LogP contribution in [0.5, 0.6) is 5.75 Å². The van der Waals surface area contributed by atoms with Crippen molar-refractivity contribution in [3.05, 3.63) is 70.3 Å². The number of hydrogen-bond acceptors (Lipinski definition) is 5. The SMILES string of the molecule is CC(=O)Nc1cccc(OCCNC(=O)C=Cc2ccc([N+](=O)[O-])cc2)c1. The number of benzene rings is 2. The van der Waals surface area contributed by atoms with Crippen molar-refractivity contribution in [3.8, 4) is 5.75 Å². The Hall–Kier alpha value is -3.68. The molecule has 27 heavy (non-hydrogen) atoms. The van der Waals surface area contributed by atoms with E-state index in [1.165, 1.54) is 25.1 Å². The quantitative estimate of drug-likeness (QED) is 0.322. The van der Waals surface area contributed by atoms with E-state index in [4.69, 9.17) is 4.74 Å². The zero-order valence-electron chi connectivity index (χ0n) is 14.7. The Morgan fingerprint density at radius 2 is 1.93 bits per heavy atom. The molecular weight excluding hydrogens is 350 g/mol. The summed E-state index contributed by atoms with van der Waals surface area (Å²) in [5, 5.41) is 15.9. The number of ether oxygens (including phenoxy) is 1. The molecule has 0 spiro atoms. The summed E-state index contributed by atoms with van der Waals surface area (Å²) in [4.78, 5) is 32.9. The lowest BCUT2D eigenvalue weighted by atomic mass is 10.2. The normalized spacial score (nSPS) is 10.4. The molecule has 2 aromatic rings. The van der Waals surface area contributed by atoms with E-state index in [0.29, 0.717) is 23.5 Å². The molecule has 0 atom stereocenters. The van der Waals surface area contributed by atoms with E-state index in [2.05, 4.69) is 10.6 Å². The largest absolute Gasteiger partial charge is 0.492 e. The second kappa shape index (κ2) is 9.71. The maximum absolute atomic E-state index is 11.8. The van der Waals surface area contributed by atoms with Crippen LogP contribution in [0.3, 0.4) is 0 Å². The molecule has 0 saturated heterocycles. The Labute approximate surface area is 156 Å². The van der Waals surface area contributed by atoms with Gasteiger partial charge in [0.25, 0.3) is 5.69 Å². The topological polar surface area (TPSA) is 111 Å². The molecule has 0 aliphatic rings. The van der Waals surface area contributed by atoms with Gasteiger partial charge in [0, 0.05) is 36.9 Å². The van der Waals surface area contributed by atoms with Crippen molar-refractivity contribution in [2.75, 3.05) is 18.5 Å². The van der Waals surface area contributed by atoms with Crippen molar-refractivity contribution in [1.29, 1.82) is 0 Å². The number of carbonyl (C=O) groups excluding carboxylic acids is 2. The van der Waals surface area contributed by atoms with Crippen molar-refractivity contribution < 1.29 is 19.2 Å². The summed E-state index contributed by atoms with van der Waals surface area (Å²) in [5.41, 5.74) is 1.31. The van der Waals surface area contributed by atoms with Gasteiger partial charge in [0.1, 0.15) is 12.4 Å². The predicted molar refractivity (Wildman–Crippen MR) is 101 cm³/mol. The van der Waals surface area contributed by atoms with Crippen molar-refractivity contribution in [3.63, 3.8) is 0 Å². The highest BCUT2D eigenvalue weighted by Gasteiger charge is 2.03. The Kier molecular flexibility index (Phi) is 7.07. The molecule has 0 aliphatic heterocycles. The van der Waals surface area contributed by atoms with Crippen LogP contribution in [0.4, 0.5) is 11.4 Å². The summed E-state index contributed by atoms with van der Waals surface area (Å²) in [6.07, 6.45) is 2.91. The van der Waals surface area contributed by atoms with E-state index >= 15 is 0 Å². The standard InChI is InChI=1S/C19H19N3O5/c1-14(23)21-16-3-2-4-18(13-16)27-12-11-20-19(24)10-7-15-5-8-17(9-6-15)22(25)26/h2-10,13H,11-12H2,1H3,(H,20,24)(H,21,23). The van der Waals surface area contributed by atoms with Gasteiger partial charge in [-0.3, -0.25) is 19.7 Å². The lowest BCUT2D eigenvalue weighted by molar-refractivity contribution is -0.384. The number of anilines is 1. The molecule has 0 radical (unpaired) electrons. The van der Waals surface area contributed by atoms with Crippen LogP contribution in [0, 0.1) is 10.1 Å². The molecule has 2 amide bonds. The van der Waals surface area contributed by atoms with Gasteiger partial charge < -0.3 is 15.4 Å². The summed E-state index contributed by atoms with van der Waals surface area (Å²) in [7, 11) is 0. The lowest BCUT2D eigenvalue weighted by Gasteiger charge is -2.08. The number of non-ortho nitro benzene ring substituents is 1. The molecule has 8 nitrogen and oxygen atoms in total. The third-order valence-corrected chi connectivity index (χ3v) is 3.36. The maximum Gasteiger partial charge on any atom is 0.269 e. The van der Waals surface area contributed by atoms with Gasteiger partial charge in [-0.1, -0.05) is 6.07 Å². The summed E-state index contributed by atoms with van der Waals surface area (Å²) in [6.45, 7) is 1.99. The summed E-state index contributed by atoms with van der Waals surface area (Å²) in [6, 6.07) is 12.8. The van der Waals surface area contributed by atoms with Crippen LogP contribution in [0.15, 0.2) is 54.6 Å². The molecule has 2 rings (SSSR count). The molecule has 0 aliphatic carbocycles. The zero-order valence-corrected chi connectivity index (χ0v) is 14.7. The number of amides is 2. The van der Waals surface area contributed by atoms with Crippen LogP contribution in [0.25, 0.3) is 6.08 Å². The molecular formula is C19H19N3O5. The first-order chi connectivity index (χ1) is 12.9. The number of hydrogen-bond donors (Lipinski definition) is 2. The highest BCUT2D eigenvalue weighted by atomic mass is 16.6. The third kappa shape index (κ3) is 6.99. The molecule has 2 aromatic carbocycles. The van der Waals surface area contributed by atoms with E-state index in [9.17, 15) is 19.7 Å². The van der Waals surface area contributed by atoms with E-state index < -0.39 is 4.92 Å². The van der Waals surface area contributed by atoms with Gasteiger partial charge in [0.2, 0.25) is 11.8 Å². The van der Waals surface area contributed by atoms with Gasteiger partial charge in [0.15, 0.2) is 0 Å². The van der Waals surface area contributed by atoms with Crippen LogP contribution in [0.1, 0.15) is 12.5 Å². The van der Waals surface area contributed by atoms with Crippen LogP contribution >= 0.6 is 0 Å². The first-order valence-corrected chi connectivity index (χ1v) is 8.15. The summed E-state index contributed by atoms with van der Waals surface area (Å²) in [5.74, 6) is 0.111. The maximum atomic E-state index is 11.8. The van der Waals surface area contributed by atoms with Crippen molar-refractivity contribution in [2.24, 2.45) is 0 Å². The third-order valence-electron chi connectivity index (χ3n) is 3.36. The minimum atomic E-state index is -0.480. The molecule has 140 valence electrons. The molecule has 0 heterocycles. The first kappa shape index (κ1) is 19.6. The smallest absolute Gasteiger partial charge is 0.269 e. The Balaban J connectivity index is 1.74. The molecule has 0 saturated carbocycles. The van der Waals surface area contributed by atoms with E-state index in [0.717, 1.165) is 0 Å². The number of nitrogens with one attached hydrogen (secondary N) is 2. The Morgan fingerprint density at radius 3 is 2.59 bits per heavy atom. The number of nitro groups is 1. The van der Waals surface area contributed by atoms with E-state index in [1.807, 2.05) is 0 Å². The fourth-order valence-corrected chi connectivity index (χ4v) is 2.15. The summed E-state index contributed by atoms with van der Waals surface area (Å²) >= 11 is 0. The van der Waals surface area contributed by atoms with E-state index in [-0.39, 0.29) is 24.1 Å². The second-order valence-electron chi connectivity index (χ2n) is 5.53. The van der Waals surface area contributed by atoms with E-state index in [1.54, 1.807) is 42.5 Å². The molecule has 0 fully saturated rings. The average molecular weight is 369 g/mol. The van der Waals surface area contributed by atoms with Crippen LogP contribution in [0.2, 0.25) is 0 Å². The van der Waals surface area contributed by atoms with Gasteiger partial charge in [-0.25, -0.2) is 0 Å². The van der Waals surface area contributed by atoms with Crippen molar-refractivity contribution >= 4 is 29.3 Å². The van der Waals surface area contributed by atoms with Gasteiger partial charge in [-0.05, 0) is 35.9 Å². The van der Waals surface area contributed by atoms with Gasteiger partial charge >= 0.3 is 0 Å². The Bertz CT molecular complexity index is 847. The minimum absolute atomic E-state index is 0.00341. The fraction of sp³-hybridized carbons (Fsp3) is 0.158. The Morgan fingerprint density at radius 1 is 1.19 bits per heavy atom. The zero-order chi connectivity index (χ0) is 19.6. The molecule has 0 unspecified atom stereocenters. The van der Waals surface area contributed by atoms with Crippen molar-refractivity contribution in [2.45, 2.75) is 6.92 Å². The molecule has 0 aromatic heterocycles. The second-order valence-corrected chi connectivity index (χ2v) is 5.53. The van der Waals surface area contributed by atoms with Crippen LogP contribution in [-0.4, -0.2) is 29.9 Å². The van der Waals surface area contributed by atoms with Gasteiger partial charge in [0.05, 0.1) is 11.5 Å². The van der Waals surface area contributed by atoms with Crippen molar-refractivity contribution in [1.82, 2.24) is 5.32 Å². The molecule has 8 heteroatoms.